The minimum atomic E-state index is -0.253. The van der Waals surface area contributed by atoms with Crippen LogP contribution in [0, 0.1) is 5.92 Å². The lowest BCUT2D eigenvalue weighted by molar-refractivity contribution is -0.125. The van der Waals surface area contributed by atoms with E-state index in [-0.39, 0.29) is 30.2 Å². The fourth-order valence-corrected chi connectivity index (χ4v) is 1.44. The van der Waals surface area contributed by atoms with Crippen molar-refractivity contribution in [3.8, 4) is 0 Å². The van der Waals surface area contributed by atoms with E-state index in [4.69, 9.17) is 5.73 Å². The van der Waals surface area contributed by atoms with Crippen molar-refractivity contribution in [3.63, 3.8) is 0 Å². The molecule has 0 aliphatic carbocycles. The van der Waals surface area contributed by atoms with Gasteiger partial charge in [-0.3, -0.25) is 9.59 Å². The van der Waals surface area contributed by atoms with Crippen molar-refractivity contribution in [2.24, 2.45) is 11.7 Å². The Hall–Kier alpha value is -1.88. The molecule has 1 aromatic carbocycles. The molecule has 0 aliphatic rings. The number of carbonyl (C=O) groups excluding carboxylic acids is 2. The van der Waals surface area contributed by atoms with Crippen LogP contribution in [-0.2, 0) is 9.59 Å². The predicted molar refractivity (Wildman–Crippen MR) is 75.5 cm³/mol. The van der Waals surface area contributed by atoms with Crippen LogP contribution < -0.4 is 16.4 Å². The summed E-state index contributed by atoms with van der Waals surface area (Å²) in [5, 5.41) is 5.45. The van der Waals surface area contributed by atoms with Gasteiger partial charge in [0, 0.05) is 30.6 Å². The van der Waals surface area contributed by atoms with Gasteiger partial charge in [0.2, 0.25) is 11.8 Å². The van der Waals surface area contributed by atoms with Crippen molar-refractivity contribution in [2.45, 2.75) is 26.3 Å². The average Bonchev–Trinajstić information content (AvgIpc) is 2.38. The third kappa shape index (κ3) is 5.52. The van der Waals surface area contributed by atoms with E-state index in [1.54, 1.807) is 13.8 Å². The summed E-state index contributed by atoms with van der Waals surface area (Å²) in [5.41, 5.74) is 6.38. The van der Waals surface area contributed by atoms with Gasteiger partial charge in [-0.05, 0) is 19.1 Å². The highest BCUT2D eigenvalue weighted by Gasteiger charge is 2.16. The van der Waals surface area contributed by atoms with Crippen molar-refractivity contribution in [2.75, 3.05) is 11.9 Å². The first-order valence-corrected chi connectivity index (χ1v) is 6.39. The highest BCUT2D eigenvalue weighted by atomic mass is 16.2. The lowest BCUT2D eigenvalue weighted by Crippen LogP contribution is -2.39. The molecule has 5 heteroatoms. The molecule has 0 saturated carbocycles. The molecule has 0 aliphatic heterocycles. The number of hydrogen-bond donors (Lipinski definition) is 3. The average molecular weight is 263 g/mol. The van der Waals surface area contributed by atoms with Gasteiger partial charge in [0.15, 0.2) is 0 Å². The fraction of sp³-hybridized carbons (Fsp3) is 0.429. The molecule has 1 aromatic rings. The van der Waals surface area contributed by atoms with Gasteiger partial charge in [0.25, 0.3) is 0 Å². The zero-order valence-electron chi connectivity index (χ0n) is 11.3. The van der Waals surface area contributed by atoms with E-state index in [9.17, 15) is 9.59 Å². The Morgan fingerprint density at radius 1 is 1.21 bits per heavy atom. The van der Waals surface area contributed by atoms with Crippen LogP contribution in [0.25, 0.3) is 0 Å². The quantitative estimate of drug-likeness (QED) is 0.719. The Bertz CT molecular complexity index is 418. The lowest BCUT2D eigenvalue weighted by atomic mass is 10.0. The molecule has 2 unspecified atom stereocenters. The van der Waals surface area contributed by atoms with Gasteiger partial charge in [-0.15, -0.1) is 0 Å². The molecule has 2 atom stereocenters. The lowest BCUT2D eigenvalue weighted by Gasteiger charge is -2.15. The number of carbonyl (C=O) groups is 2. The topological polar surface area (TPSA) is 84.2 Å². The number of nitrogens with two attached hydrogens (primary N) is 1. The van der Waals surface area contributed by atoms with E-state index in [1.807, 2.05) is 30.3 Å². The Morgan fingerprint density at radius 2 is 1.84 bits per heavy atom. The Balaban J connectivity index is 2.26. The van der Waals surface area contributed by atoms with Gasteiger partial charge in [0.05, 0.1) is 0 Å². The van der Waals surface area contributed by atoms with Gasteiger partial charge in [-0.25, -0.2) is 0 Å². The van der Waals surface area contributed by atoms with E-state index in [2.05, 4.69) is 10.6 Å². The van der Waals surface area contributed by atoms with Gasteiger partial charge in [0.1, 0.15) is 0 Å². The number of rotatable bonds is 6. The summed E-state index contributed by atoms with van der Waals surface area (Å²) >= 11 is 0. The Labute approximate surface area is 113 Å². The van der Waals surface area contributed by atoms with Gasteiger partial charge in [-0.1, -0.05) is 25.1 Å². The van der Waals surface area contributed by atoms with Crippen LogP contribution in [-0.4, -0.2) is 24.4 Å². The SMILES string of the molecule is CC(N)C(C)C(=O)NCCC(=O)Nc1ccccc1. The molecular weight excluding hydrogens is 242 g/mol. The number of benzene rings is 1. The molecule has 0 radical (unpaired) electrons. The van der Waals surface area contributed by atoms with Crippen LogP contribution >= 0.6 is 0 Å². The highest BCUT2D eigenvalue weighted by Crippen LogP contribution is 2.05. The summed E-state index contributed by atoms with van der Waals surface area (Å²) < 4.78 is 0. The summed E-state index contributed by atoms with van der Waals surface area (Å²) in [4.78, 5) is 23.2. The van der Waals surface area contributed by atoms with E-state index in [0.29, 0.717) is 6.54 Å². The molecule has 5 nitrogen and oxygen atoms in total. The van der Waals surface area contributed by atoms with Crippen LogP contribution in [0.15, 0.2) is 30.3 Å². The van der Waals surface area contributed by atoms with E-state index in [0.717, 1.165) is 5.69 Å². The van der Waals surface area contributed by atoms with Gasteiger partial charge in [-0.2, -0.15) is 0 Å². The minimum absolute atomic E-state index is 0.123. The molecule has 19 heavy (non-hydrogen) atoms. The van der Waals surface area contributed by atoms with Gasteiger partial charge < -0.3 is 16.4 Å². The normalized spacial score (nSPS) is 13.4. The highest BCUT2D eigenvalue weighted by molar-refractivity contribution is 5.91. The summed E-state index contributed by atoms with van der Waals surface area (Å²) in [5.74, 6) is -0.500. The second-order valence-electron chi connectivity index (χ2n) is 4.60. The van der Waals surface area contributed by atoms with Crippen molar-refractivity contribution in [1.82, 2.24) is 5.32 Å². The van der Waals surface area contributed by atoms with Crippen molar-refractivity contribution < 1.29 is 9.59 Å². The first-order chi connectivity index (χ1) is 9.00. The van der Waals surface area contributed by atoms with Gasteiger partial charge >= 0.3 is 0 Å². The summed E-state index contributed by atoms with van der Waals surface area (Å²) in [6.07, 6.45) is 0.242. The molecule has 0 bridgehead atoms. The van der Waals surface area contributed by atoms with E-state index in [1.165, 1.54) is 0 Å². The number of anilines is 1. The molecule has 0 spiro atoms. The van der Waals surface area contributed by atoms with Crippen molar-refractivity contribution in [1.29, 1.82) is 0 Å². The van der Waals surface area contributed by atoms with Crippen molar-refractivity contribution in [3.05, 3.63) is 30.3 Å². The fourth-order valence-electron chi connectivity index (χ4n) is 1.44. The number of hydrogen-bond acceptors (Lipinski definition) is 3. The van der Waals surface area contributed by atoms with Crippen LogP contribution in [0.3, 0.4) is 0 Å². The zero-order valence-corrected chi connectivity index (χ0v) is 11.3. The minimum Gasteiger partial charge on any atom is -0.355 e. The Morgan fingerprint density at radius 3 is 2.42 bits per heavy atom. The second-order valence-corrected chi connectivity index (χ2v) is 4.60. The molecule has 0 heterocycles. The first kappa shape index (κ1) is 15.2. The van der Waals surface area contributed by atoms with Crippen LogP contribution in [0.2, 0.25) is 0 Å². The third-order valence-electron chi connectivity index (χ3n) is 2.91. The van der Waals surface area contributed by atoms with Crippen LogP contribution in [0.1, 0.15) is 20.3 Å². The maximum Gasteiger partial charge on any atom is 0.226 e. The predicted octanol–water partition coefficient (Wildman–Crippen LogP) is 1.11. The summed E-state index contributed by atoms with van der Waals surface area (Å²) in [7, 11) is 0. The Kier molecular flexibility index (Phi) is 6.02. The molecule has 104 valence electrons. The smallest absolute Gasteiger partial charge is 0.226 e. The third-order valence-corrected chi connectivity index (χ3v) is 2.91. The first-order valence-electron chi connectivity index (χ1n) is 6.39. The van der Waals surface area contributed by atoms with E-state index >= 15 is 0 Å². The largest absolute Gasteiger partial charge is 0.355 e. The number of amides is 2. The zero-order chi connectivity index (χ0) is 14.3. The molecule has 0 saturated heterocycles. The number of nitrogens with one attached hydrogen (secondary N) is 2. The molecule has 2 amide bonds. The maximum absolute atomic E-state index is 11.6. The van der Waals surface area contributed by atoms with Crippen LogP contribution in [0.5, 0.6) is 0 Å². The van der Waals surface area contributed by atoms with Crippen molar-refractivity contribution >= 4 is 17.5 Å². The summed E-state index contributed by atoms with van der Waals surface area (Å²) in [6, 6.07) is 9.01. The maximum atomic E-state index is 11.6. The second kappa shape index (κ2) is 7.53. The van der Waals surface area contributed by atoms with E-state index < -0.39 is 0 Å². The molecule has 0 fully saturated rings. The molecular formula is C14H21N3O2. The number of para-hydroxylation sites is 1. The summed E-state index contributed by atoms with van der Waals surface area (Å²) in [6.45, 7) is 3.87. The monoisotopic (exact) mass is 263 g/mol. The molecule has 0 aromatic heterocycles. The van der Waals surface area contributed by atoms with Crippen LogP contribution in [0.4, 0.5) is 5.69 Å². The molecule has 4 N–H and O–H groups in total. The standard InChI is InChI=1S/C14H21N3O2/c1-10(11(2)15)14(19)16-9-8-13(18)17-12-6-4-3-5-7-12/h3-7,10-11H,8-9,15H2,1-2H3,(H,16,19)(H,17,18). The molecule has 1 rings (SSSR count).